The lowest BCUT2D eigenvalue weighted by atomic mass is 9.72. The molecule has 1 heterocycles. The molecule has 39 heavy (non-hydrogen) atoms. The number of halogens is 1. The van der Waals surface area contributed by atoms with Crippen molar-refractivity contribution in [1.82, 2.24) is 0 Å². The summed E-state index contributed by atoms with van der Waals surface area (Å²) in [6.07, 6.45) is -2.45. The fraction of sp³-hybridized carbons (Fsp3) is 0.444. The highest BCUT2D eigenvalue weighted by Crippen LogP contribution is 2.52. The first-order chi connectivity index (χ1) is 18.0. The quantitative estimate of drug-likeness (QED) is 0.283. The second-order valence-corrected chi connectivity index (χ2v) is 10.1. The molecule has 0 amide bonds. The number of carbonyl (C=O) groups is 3. The smallest absolute Gasteiger partial charge is 0.202 e. The van der Waals surface area contributed by atoms with Crippen molar-refractivity contribution < 1.29 is 49.0 Å². The maximum Gasteiger partial charge on any atom is 0.202 e. The number of aliphatic hydroxyl groups is 2. The van der Waals surface area contributed by atoms with E-state index in [0.29, 0.717) is 6.42 Å². The lowest BCUT2D eigenvalue weighted by molar-refractivity contribution is -0.225. The molecule has 12 heteroatoms. The van der Waals surface area contributed by atoms with Gasteiger partial charge in [-0.1, -0.05) is 12.1 Å². The largest absolute Gasteiger partial charge is 0.507 e. The fourth-order valence-corrected chi connectivity index (χ4v) is 5.81. The number of aliphatic hydroxyl groups excluding tert-OH is 1. The molecule has 0 radical (unpaired) electrons. The lowest BCUT2D eigenvalue weighted by Crippen LogP contribution is -2.48. The van der Waals surface area contributed by atoms with E-state index >= 15 is 0 Å². The summed E-state index contributed by atoms with van der Waals surface area (Å²) in [4.78, 5) is 39.7. The van der Waals surface area contributed by atoms with E-state index in [4.69, 9.17) is 19.9 Å². The van der Waals surface area contributed by atoms with Gasteiger partial charge in [0.05, 0.1) is 36.0 Å². The highest BCUT2D eigenvalue weighted by molar-refractivity contribution is 6.31. The van der Waals surface area contributed by atoms with E-state index in [1.54, 1.807) is 0 Å². The third-order valence-corrected chi connectivity index (χ3v) is 7.57. The minimum atomic E-state index is -2.18. The molecule has 1 saturated heterocycles. The topological polar surface area (TPSA) is 186 Å². The SMILES string of the molecule is COc1cccc2c1C(=O)c1c(O)c3c(c(O)c1C2=O)C[C@@](O)(C(=O)CO)C[C@@H]3O[C@H]1C[C@H](N)C[C@H](C)O1.Cl. The van der Waals surface area contributed by atoms with Gasteiger partial charge in [-0.15, -0.1) is 12.4 Å². The summed E-state index contributed by atoms with van der Waals surface area (Å²) in [5, 5.41) is 43.6. The summed E-state index contributed by atoms with van der Waals surface area (Å²) in [5.74, 6) is -3.55. The Kier molecular flexibility index (Phi) is 7.78. The number of Topliss-reactive ketones (excluding diaryl/α,β-unsaturated/α-hetero) is 1. The molecule has 0 aromatic heterocycles. The standard InChI is InChI=1S/C27H29NO10.ClH/c1-11-6-12(28)7-18(37-11)38-16-9-27(35,17(30)10-29)8-14-20(16)26(34)22-21(24(14)32)23(31)13-4-3-5-15(36-2)19(13)25(22)33;/h3-5,11-12,16,18,29,32,34-35H,6-10,28H2,1-2H3;1H/t11-,12+,16-,18-,27-;/m0./s1. The van der Waals surface area contributed by atoms with E-state index in [1.165, 1.54) is 25.3 Å². The Hall–Kier alpha value is -3.06. The Labute approximate surface area is 229 Å². The Bertz CT molecular complexity index is 1350. The number of hydrogen-bond acceptors (Lipinski definition) is 11. The maximum atomic E-state index is 13.6. The summed E-state index contributed by atoms with van der Waals surface area (Å²) >= 11 is 0. The Morgan fingerprint density at radius 1 is 1.13 bits per heavy atom. The van der Waals surface area contributed by atoms with Crippen molar-refractivity contribution >= 4 is 29.8 Å². The van der Waals surface area contributed by atoms with Crippen molar-refractivity contribution in [2.45, 2.75) is 62.7 Å². The van der Waals surface area contributed by atoms with Crippen molar-refractivity contribution in [3.8, 4) is 17.2 Å². The second kappa shape index (κ2) is 10.5. The third-order valence-electron chi connectivity index (χ3n) is 7.57. The first-order valence-electron chi connectivity index (χ1n) is 12.3. The predicted octanol–water partition coefficient (Wildman–Crippen LogP) is 1.45. The zero-order valence-electron chi connectivity index (χ0n) is 21.3. The minimum Gasteiger partial charge on any atom is -0.507 e. The van der Waals surface area contributed by atoms with Crippen LogP contribution in [0.2, 0.25) is 0 Å². The second-order valence-electron chi connectivity index (χ2n) is 10.1. The molecular weight excluding hydrogens is 534 g/mol. The highest BCUT2D eigenvalue weighted by Gasteiger charge is 2.49. The lowest BCUT2D eigenvalue weighted by Gasteiger charge is -2.41. The molecular formula is C27H30ClNO10. The van der Waals surface area contributed by atoms with E-state index in [2.05, 4.69) is 0 Å². The van der Waals surface area contributed by atoms with Crippen LogP contribution in [0.25, 0.3) is 0 Å². The zero-order chi connectivity index (χ0) is 27.5. The molecule has 2 aliphatic carbocycles. The normalized spacial score (nSPS) is 27.6. The number of nitrogens with two attached hydrogens (primary N) is 1. The van der Waals surface area contributed by atoms with Crippen LogP contribution in [0.15, 0.2) is 18.2 Å². The van der Waals surface area contributed by atoms with Crippen LogP contribution >= 0.6 is 12.4 Å². The van der Waals surface area contributed by atoms with Crippen molar-refractivity contribution in [3.63, 3.8) is 0 Å². The molecule has 5 atom stereocenters. The number of rotatable bonds is 5. The number of benzene rings is 2. The number of ether oxygens (including phenoxy) is 3. The number of phenols is 2. The number of hydrogen-bond donors (Lipinski definition) is 5. The molecule has 3 aliphatic rings. The van der Waals surface area contributed by atoms with Crippen LogP contribution in [0.1, 0.15) is 75.3 Å². The van der Waals surface area contributed by atoms with E-state index < -0.39 is 77.4 Å². The number of phenolic OH excluding ortho intramolecular Hbond substituents is 2. The van der Waals surface area contributed by atoms with Gasteiger partial charge < -0.3 is 40.4 Å². The van der Waals surface area contributed by atoms with E-state index in [1.807, 2.05) is 6.92 Å². The maximum absolute atomic E-state index is 13.6. The van der Waals surface area contributed by atoms with Gasteiger partial charge in [0.25, 0.3) is 0 Å². The van der Waals surface area contributed by atoms with Gasteiger partial charge in [0.1, 0.15) is 29.5 Å². The van der Waals surface area contributed by atoms with Crippen molar-refractivity contribution in [3.05, 3.63) is 51.6 Å². The van der Waals surface area contributed by atoms with Gasteiger partial charge in [0, 0.05) is 42.0 Å². The van der Waals surface area contributed by atoms with Gasteiger partial charge in [-0.25, -0.2) is 0 Å². The molecule has 5 rings (SSSR count). The summed E-state index contributed by atoms with van der Waals surface area (Å²) in [5.41, 5.74) is 2.78. The summed E-state index contributed by atoms with van der Waals surface area (Å²) in [6, 6.07) is 4.17. The third kappa shape index (κ3) is 4.58. The van der Waals surface area contributed by atoms with Gasteiger partial charge >= 0.3 is 0 Å². The van der Waals surface area contributed by atoms with Gasteiger partial charge in [-0.2, -0.15) is 0 Å². The first kappa shape index (κ1) is 28.9. The molecule has 210 valence electrons. The predicted molar refractivity (Wildman–Crippen MR) is 138 cm³/mol. The monoisotopic (exact) mass is 563 g/mol. The van der Waals surface area contributed by atoms with Crippen LogP contribution in [-0.2, 0) is 20.7 Å². The van der Waals surface area contributed by atoms with Crippen LogP contribution in [-0.4, -0.2) is 75.5 Å². The zero-order valence-corrected chi connectivity index (χ0v) is 22.1. The average Bonchev–Trinajstić information content (AvgIpc) is 2.87. The number of methoxy groups -OCH3 is 1. The van der Waals surface area contributed by atoms with Crippen molar-refractivity contribution in [1.29, 1.82) is 0 Å². The van der Waals surface area contributed by atoms with Gasteiger partial charge in [-0.3, -0.25) is 14.4 Å². The minimum absolute atomic E-state index is 0. The van der Waals surface area contributed by atoms with E-state index in [-0.39, 0.29) is 59.0 Å². The Morgan fingerprint density at radius 2 is 1.82 bits per heavy atom. The molecule has 11 nitrogen and oxygen atoms in total. The molecule has 0 unspecified atom stereocenters. The Morgan fingerprint density at radius 3 is 2.46 bits per heavy atom. The molecule has 0 bridgehead atoms. The Balaban J connectivity index is 0.00000353. The number of aromatic hydroxyl groups is 2. The van der Waals surface area contributed by atoms with Crippen LogP contribution in [0, 0.1) is 0 Å². The van der Waals surface area contributed by atoms with Crippen LogP contribution in [0.4, 0.5) is 0 Å². The molecule has 1 fully saturated rings. The van der Waals surface area contributed by atoms with Crippen molar-refractivity contribution in [2.75, 3.05) is 13.7 Å². The van der Waals surface area contributed by atoms with Gasteiger partial charge in [0.2, 0.25) is 5.78 Å². The molecule has 2 aromatic rings. The molecule has 0 spiro atoms. The number of fused-ring (bicyclic) bond motifs is 3. The van der Waals surface area contributed by atoms with Crippen LogP contribution in [0.5, 0.6) is 17.2 Å². The van der Waals surface area contributed by atoms with Crippen molar-refractivity contribution in [2.24, 2.45) is 5.73 Å². The highest BCUT2D eigenvalue weighted by atomic mass is 35.5. The van der Waals surface area contributed by atoms with Gasteiger partial charge in [-0.05, 0) is 19.4 Å². The summed E-state index contributed by atoms with van der Waals surface area (Å²) in [7, 11) is 1.34. The first-order valence-corrected chi connectivity index (χ1v) is 12.3. The van der Waals surface area contributed by atoms with E-state index in [0.717, 1.165) is 0 Å². The fourth-order valence-electron chi connectivity index (χ4n) is 5.81. The summed E-state index contributed by atoms with van der Waals surface area (Å²) in [6.45, 7) is 0.827. The van der Waals surface area contributed by atoms with Crippen LogP contribution < -0.4 is 10.5 Å². The molecule has 2 aromatic carbocycles. The number of carbonyl (C=O) groups excluding carboxylic acids is 3. The average molecular weight is 564 g/mol. The van der Waals surface area contributed by atoms with Gasteiger partial charge in [0.15, 0.2) is 17.9 Å². The van der Waals surface area contributed by atoms with E-state index in [9.17, 15) is 34.8 Å². The molecule has 0 saturated carbocycles. The summed E-state index contributed by atoms with van der Waals surface area (Å²) < 4.78 is 17.2. The molecule has 6 N–H and O–H groups in total. The van der Waals surface area contributed by atoms with Crippen LogP contribution in [0.3, 0.4) is 0 Å². The number of ketones is 3. The molecule has 1 aliphatic heterocycles.